The van der Waals surface area contributed by atoms with Crippen molar-refractivity contribution in [1.82, 2.24) is 0 Å². The van der Waals surface area contributed by atoms with Crippen LogP contribution in [0.4, 0.5) is 26.3 Å². The predicted octanol–water partition coefficient (Wildman–Crippen LogP) is 3.07. The predicted molar refractivity (Wildman–Crippen MR) is 31.6 cm³/mol. The second-order valence-electron chi connectivity index (χ2n) is 2.20. The quantitative estimate of drug-likeness (QED) is 0.632. The molecular weight excluding hydrogens is 202 g/mol. The summed E-state index contributed by atoms with van der Waals surface area (Å²) in [7, 11) is 0. The lowest BCUT2D eigenvalue weighted by Gasteiger charge is -2.23. The third-order valence-electron chi connectivity index (χ3n) is 1.09. The molecule has 1 radical (unpaired) electrons. The van der Waals surface area contributed by atoms with Crippen molar-refractivity contribution in [3.05, 3.63) is 6.43 Å². The molecule has 0 N–H and O–H groups in total. The molecule has 0 unspecified atom stereocenters. The summed E-state index contributed by atoms with van der Waals surface area (Å²) in [5.74, 6) is -5.53. The summed E-state index contributed by atoms with van der Waals surface area (Å²) in [6.45, 7) is 0.666. The Morgan fingerprint density at radius 3 is 1.92 bits per heavy atom. The van der Waals surface area contributed by atoms with Crippen LogP contribution in [-0.4, -0.2) is 18.6 Å². The smallest absolute Gasteiger partial charge is 0.316 e. The number of alkyl halides is 4. The zero-order valence-corrected chi connectivity index (χ0v) is 6.59. The van der Waals surface area contributed by atoms with Gasteiger partial charge < -0.3 is 4.74 Å². The second-order valence-corrected chi connectivity index (χ2v) is 2.20. The highest BCUT2D eigenvalue weighted by molar-refractivity contribution is 4.90. The summed E-state index contributed by atoms with van der Waals surface area (Å²) < 4.78 is 74.3. The summed E-state index contributed by atoms with van der Waals surface area (Å²) in [5.41, 5.74) is 0. The van der Waals surface area contributed by atoms with E-state index < -0.39 is 25.1 Å². The molecule has 0 aromatic heterocycles. The summed E-state index contributed by atoms with van der Waals surface area (Å²) in [6.07, 6.45) is -8.78. The largest absolute Gasteiger partial charge is 0.426 e. The Bertz CT molecular complexity index is 157. The molecule has 79 valence electrons. The van der Waals surface area contributed by atoms with Gasteiger partial charge in [-0.2, -0.15) is 26.3 Å². The van der Waals surface area contributed by atoms with Crippen molar-refractivity contribution in [3.8, 4) is 0 Å². The molecule has 0 heterocycles. The van der Waals surface area contributed by atoms with Gasteiger partial charge in [-0.1, -0.05) is 6.92 Å². The van der Waals surface area contributed by atoms with Crippen LogP contribution in [0.15, 0.2) is 0 Å². The van der Waals surface area contributed by atoms with E-state index in [0.717, 1.165) is 0 Å². The number of halogens is 6. The number of rotatable bonds is 5. The first kappa shape index (κ1) is 12.5. The molecule has 0 bridgehead atoms. The normalized spacial score (nSPS) is 13.8. The van der Waals surface area contributed by atoms with Gasteiger partial charge in [0.05, 0.1) is 6.61 Å². The molecular formula is C6H7F6O. The molecule has 1 nitrogen and oxygen atoms in total. The number of hydrogen-bond acceptors (Lipinski definition) is 1. The average molecular weight is 209 g/mol. The van der Waals surface area contributed by atoms with Crippen molar-refractivity contribution in [2.24, 2.45) is 0 Å². The molecule has 0 spiro atoms. The van der Waals surface area contributed by atoms with Gasteiger partial charge in [0, 0.05) is 0 Å². The van der Waals surface area contributed by atoms with Crippen molar-refractivity contribution in [2.75, 3.05) is 6.61 Å². The molecule has 0 aromatic rings. The van der Waals surface area contributed by atoms with E-state index in [1.165, 1.54) is 6.92 Å². The van der Waals surface area contributed by atoms with Crippen LogP contribution >= 0.6 is 0 Å². The molecule has 0 aliphatic rings. The van der Waals surface area contributed by atoms with Gasteiger partial charge in [0.2, 0.25) is 0 Å². The first-order valence-electron chi connectivity index (χ1n) is 3.33. The minimum atomic E-state index is -5.53. The topological polar surface area (TPSA) is 9.23 Å². The van der Waals surface area contributed by atoms with Crippen LogP contribution in [0.1, 0.15) is 13.3 Å². The zero-order chi connectivity index (χ0) is 10.7. The summed E-state index contributed by atoms with van der Waals surface area (Å²) in [5, 5.41) is 0. The van der Waals surface area contributed by atoms with Crippen LogP contribution in [0.3, 0.4) is 0 Å². The maximum Gasteiger partial charge on any atom is 0.426 e. The monoisotopic (exact) mass is 209 g/mol. The fourth-order valence-corrected chi connectivity index (χ4v) is 0.431. The second kappa shape index (κ2) is 4.17. The summed E-state index contributed by atoms with van der Waals surface area (Å²) in [6, 6.07) is 0. The lowest BCUT2D eigenvalue weighted by molar-refractivity contribution is -0.354. The van der Waals surface area contributed by atoms with Crippen molar-refractivity contribution < 1.29 is 31.1 Å². The summed E-state index contributed by atoms with van der Waals surface area (Å²) >= 11 is 0. The first-order valence-corrected chi connectivity index (χ1v) is 3.33. The highest BCUT2D eigenvalue weighted by Gasteiger charge is 2.65. The lowest BCUT2D eigenvalue weighted by Crippen LogP contribution is -2.45. The van der Waals surface area contributed by atoms with E-state index in [0.29, 0.717) is 0 Å². The Balaban J connectivity index is 4.41. The molecule has 7 heteroatoms. The molecule has 0 fully saturated rings. The van der Waals surface area contributed by atoms with Crippen LogP contribution < -0.4 is 0 Å². The maximum atomic E-state index is 12.2. The molecule has 0 atom stereocenters. The fourth-order valence-electron chi connectivity index (χ4n) is 0.431. The van der Waals surface area contributed by atoms with E-state index >= 15 is 0 Å². The SMILES string of the molecule is CCCOC(F)(F)C(F)(F)[C](F)F. The highest BCUT2D eigenvalue weighted by atomic mass is 19.3. The number of ether oxygens (including phenoxy) is 1. The molecule has 0 saturated carbocycles. The molecule has 0 rings (SSSR count). The molecule has 0 aliphatic heterocycles. The van der Waals surface area contributed by atoms with Crippen LogP contribution in [0.5, 0.6) is 0 Å². The van der Waals surface area contributed by atoms with Gasteiger partial charge in [0.1, 0.15) is 0 Å². The molecule has 0 amide bonds. The minimum Gasteiger partial charge on any atom is -0.316 e. The third kappa shape index (κ3) is 2.75. The average Bonchev–Trinajstić information content (AvgIpc) is 2.00. The Labute approximate surface area is 70.7 Å². The van der Waals surface area contributed by atoms with Crippen molar-refractivity contribution >= 4 is 0 Å². The molecule has 13 heavy (non-hydrogen) atoms. The Kier molecular flexibility index (Phi) is 4.02. The van der Waals surface area contributed by atoms with E-state index in [9.17, 15) is 26.3 Å². The number of hydrogen-bond donors (Lipinski definition) is 0. The van der Waals surface area contributed by atoms with Crippen molar-refractivity contribution in [2.45, 2.75) is 25.4 Å². The van der Waals surface area contributed by atoms with Crippen LogP contribution in [0.25, 0.3) is 0 Å². The third-order valence-corrected chi connectivity index (χ3v) is 1.09. The van der Waals surface area contributed by atoms with Gasteiger partial charge in [-0.05, 0) is 6.42 Å². The first-order chi connectivity index (χ1) is 5.75. The Hall–Kier alpha value is -0.460. The van der Waals surface area contributed by atoms with Gasteiger partial charge in [-0.15, -0.1) is 0 Å². The van der Waals surface area contributed by atoms with Gasteiger partial charge >= 0.3 is 18.5 Å². The van der Waals surface area contributed by atoms with Crippen LogP contribution in [-0.2, 0) is 4.74 Å². The van der Waals surface area contributed by atoms with E-state index in [1.54, 1.807) is 0 Å². The van der Waals surface area contributed by atoms with E-state index in [2.05, 4.69) is 4.74 Å². The minimum absolute atomic E-state index is 0.0274. The Morgan fingerprint density at radius 1 is 1.15 bits per heavy atom. The van der Waals surface area contributed by atoms with Gasteiger partial charge in [-0.25, -0.2) is 0 Å². The van der Waals surface area contributed by atoms with Gasteiger partial charge in [0.15, 0.2) is 0 Å². The zero-order valence-electron chi connectivity index (χ0n) is 6.59. The van der Waals surface area contributed by atoms with Crippen molar-refractivity contribution in [1.29, 1.82) is 0 Å². The molecule has 0 aliphatic carbocycles. The van der Waals surface area contributed by atoms with E-state index in [-0.39, 0.29) is 6.42 Å². The summed E-state index contributed by atoms with van der Waals surface area (Å²) in [4.78, 5) is 0. The standard InChI is InChI=1S/C6H7F6O/c1-2-3-13-6(11,12)5(9,10)4(7)8/h2-3H2,1H3. The van der Waals surface area contributed by atoms with Crippen LogP contribution in [0.2, 0.25) is 0 Å². The van der Waals surface area contributed by atoms with Gasteiger partial charge in [-0.3, -0.25) is 0 Å². The van der Waals surface area contributed by atoms with E-state index in [1.807, 2.05) is 0 Å². The van der Waals surface area contributed by atoms with Crippen LogP contribution in [0, 0.1) is 6.43 Å². The highest BCUT2D eigenvalue weighted by Crippen LogP contribution is 2.43. The molecule has 0 saturated heterocycles. The fraction of sp³-hybridized carbons (Fsp3) is 0.833. The van der Waals surface area contributed by atoms with Crippen molar-refractivity contribution in [3.63, 3.8) is 0 Å². The lowest BCUT2D eigenvalue weighted by atomic mass is 10.3. The molecule has 0 aromatic carbocycles. The maximum absolute atomic E-state index is 12.2. The van der Waals surface area contributed by atoms with Gasteiger partial charge in [0.25, 0.3) is 0 Å². The Morgan fingerprint density at radius 2 is 1.62 bits per heavy atom. The van der Waals surface area contributed by atoms with E-state index in [4.69, 9.17) is 0 Å².